The van der Waals surface area contributed by atoms with Gasteiger partial charge < -0.3 is 15.4 Å². The SMILES string of the molecule is CCCC(CCC)Nc1cc(-c2cnc(Cl)c(NCC3CCOCC3)n2)c(Cl)cn1. The van der Waals surface area contributed by atoms with Gasteiger partial charge in [-0.15, -0.1) is 0 Å². The largest absolute Gasteiger partial charge is 0.381 e. The lowest BCUT2D eigenvalue weighted by Crippen LogP contribution is -2.23. The quantitative estimate of drug-likeness (QED) is 0.456. The maximum absolute atomic E-state index is 6.46. The molecule has 0 saturated carbocycles. The van der Waals surface area contributed by atoms with E-state index in [2.05, 4.69) is 34.4 Å². The van der Waals surface area contributed by atoms with E-state index in [4.69, 9.17) is 32.9 Å². The lowest BCUT2D eigenvalue weighted by atomic mass is 10.0. The first-order valence-electron chi connectivity index (χ1n) is 10.9. The summed E-state index contributed by atoms with van der Waals surface area (Å²) >= 11 is 12.7. The van der Waals surface area contributed by atoms with Crippen LogP contribution >= 0.6 is 23.2 Å². The molecule has 0 amide bonds. The molecule has 2 aromatic rings. The van der Waals surface area contributed by atoms with Crippen LogP contribution in [-0.4, -0.2) is 40.8 Å². The Hall–Kier alpha value is -1.63. The summed E-state index contributed by atoms with van der Waals surface area (Å²) in [7, 11) is 0. The Kier molecular flexibility index (Phi) is 8.97. The van der Waals surface area contributed by atoms with E-state index in [-0.39, 0.29) is 0 Å². The summed E-state index contributed by atoms with van der Waals surface area (Å²) in [6.07, 6.45) is 9.87. The van der Waals surface area contributed by atoms with Crippen molar-refractivity contribution in [3.05, 3.63) is 28.6 Å². The molecular weight excluding hydrogens is 421 g/mol. The Balaban J connectivity index is 1.77. The topological polar surface area (TPSA) is 72.0 Å². The lowest BCUT2D eigenvalue weighted by molar-refractivity contribution is 0.0699. The van der Waals surface area contributed by atoms with E-state index in [9.17, 15) is 0 Å². The van der Waals surface area contributed by atoms with Crippen molar-refractivity contribution < 1.29 is 4.74 Å². The van der Waals surface area contributed by atoms with Crippen LogP contribution in [0, 0.1) is 5.92 Å². The number of halogens is 2. The van der Waals surface area contributed by atoms with Gasteiger partial charge >= 0.3 is 0 Å². The van der Waals surface area contributed by atoms with Crippen LogP contribution in [0.15, 0.2) is 18.5 Å². The molecule has 0 radical (unpaired) electrons. The van der Waals surface area contributed by atoms with Crippen LogP contribution in [0.2, 0.25) is 10.2 Å². The van der Waals surface area contributed by atoms with Gasteiger partial charge in [-0.3, -0.25) is 0 Å². The summed E-state index contributed by atoms with van der Waals surface area (Å²) in [4.78, 5) is 13.5. The van der Waals surface area contributed by atoms with Crippen molar-refractivity contribution in [2.75, 3.05) is 30.4 Å². The first-order valence-corrected chi connectivity index (χ1v) is 11.6. The van der Waals surface area contributed by atoms with Crippen molar-refractivity contribution in [2.45, 2.75) is 58.4 Å². The van der Waals surface area contributed by atoms with E-state index in [1.54, 1.807) is 12.4 Å². The highest BCUT2D eigenvalue weighted by Crippen LogP contribution is 2.30. The van der Waals surface area contributed by atoms with Gasteiger partial charge in [-0.25, -0.2) is 15.0 Å². The maximum atomic E-state index is 6.46. The molecule has 0 atom stereocenters. The van der Waals surface area contributed by atoms with Crippen molar-refractivity contribution in [1.29, 1.82) is 0 Å². The minimum absolute atomic E-state index is 0.361. The average Bonchev–Trinajstić information content (AvgIpc) is 2.76. The van der Waals surface area contributed by atoms with Gasteiger partial charge in [0.2, 0.25) is 0 Å². The number of aromatic nitrogens is 3. The van der Waals surface area contributed by atoms with Crippen LogP contribution in [0.1, 0.15) is 52.4 Å². The standard InChI is InChI=1S/C22H31Cl2N5O/c1-3-5-16(6-4-2)28-20-11-17(18(23)13-25-20)19-14-26-21(24)22(29-19)27-12-15-7-9-30-10-8-15/h11,13-16H,3-10,12H2,1-2H3,(H,25,28)(H,27,29). The molecule has 2 N–H and O–H groups in total. The molecule has 1 aliphatic heterocycles. The zero-order valence-corrected chi connectivity index (χ0v) is 19.3. The van der Waals surface area contributed by atoms with Gasteiger partial charge in [-0.1, -0.05) is 49.9 Å². The van der Waals surface area contributed by atoms with E-state index in [0.717, 1.165) is 69.7 Å². The van der Waals surface area contributed by atoms with Crippen molar-refractivity contribution in [2.24, 2.45) is 5.92 Å². The van der Waals surface area contributed by atoms with Crippen LogP contribution in [0.4, 0.5) is 11.6 Å². The zero-order chi connectivity index (χ0) is 21.3. The highest BCUT2D eigenvalue weighted by Gasteiger charge is 2.16. The van der Waals surface area contributed by atoms with E-state index in [1.807, 2.05) is 6.07 Å². The van der Waals surface area contributed by atoms with Crippen LogP contribution in [0.5, 0.6) is 0 Å². The van der Waals surface area contributed by atoms with Gasteiger partial charge in [0, 0.05) is 37.6 Å². The second-order valence-electron chi connectivity index (χ2n) is 7.80. The smallest absolute Gasteiger partial charge is 0.171 e. The Morgan fingerprint density at radius 1 is 1.10 bits per heavy atom. The van der Waals surface area contributed by atoms with Gasteiger partial charge in [-0.05, 0) is 37.7 Å². The van der Waals surface area contributed by atoms with E-state index in [1.165, 1.54) is 0 Å². The molecule has 0 spiro atoms. The highest BCUT2D eigenvalue weighted by molar-refractivity contribution is 6.33. The molecular formula is C22H31Cl2N5O. The Labute approximate surface area is 189 Å². The molecule has 0 aromatic carbocycles. The summed E-state index contributed by atoms with van der Waals surface area (Å²) < 4.78 is 5.43. The van der Waals surface area contributed by atoms with Crippen LogP contribution in [0.25, 0.3) is 11.3 Å². The maximum Gasteiger partial charge on any atom is 0.171 e. The number of hydrogen-bond acceptors (Lipinski definition) is 6. The van der Waals surface area contributed by atoms with Crippen molar-refractivity contribution in [3.63, 3.8) is 0 Å². The van der Waals surface area contributed by atoms with E-state index < -0.39 is 0 Å². The predicted molar refractivity (Wildman–Crippen MR) is 125 cm³/mol. The Morgan fingerprint density at radius 3 is 2.53 bits per heavy atom. The monoisotopic (exact) mass is 451 g/mol. The van der Waals surface area contributed by atoms with Crippen LogP contribution < -0.4 is 10.6 Å². The molecule has 164 valence electrons. The summed E-state index contributed by atoms with van der Waals surface area (Å²) in [5, 5.41) is 7.80. The predicted octanol–water partition coefficient (Wildman–Crippen LogP) is 6.06. The fourth-order valence-corrected chi connectivity index (χ4v) is 4.07. The van der Waals surface area contributed by atoms with Gasteiger partial charge in [-0.2, -0.15) is 0 Å². The molecule has 1 saturated heterocycles. The summed E-state index contributed by atoms with van der Waals surface area (Å²) in [6.45, 7) is 6.82. The fraction of sp³-hybridized carbons (Fsp3) is 0.591. The molecule has 8 heteroatoms. The Bertz CT molecular complexity index is 808. The molecule has 0 aliphatic carbocycles. The Morgan fingerprint density at radius 2 is 1.83 bits per heavy atom. The molecule has 0 bridgehead atoms. The number of nitrogens with one attached hydrogen (secondary N) is 2. The van der Waals surface area contributed by atoms with Gasteiger partial charge in [0.05, 0.1) is 16.9 Å². The molecule has 2 aromatic heterocycles. The van der Waals surface area contributed by atoms with Gasteiger partial charge in [0.25, 0.3) is 0 Å². The molecule has 3 heterocycles. The van der Waals surface area contributed by atoms with Gasteiger partial charge in [0.15, 0.2) is 11.0 Å². The molecule has 1 fully saturated rings. The number of ether oxygens (including phenoxy) is 1. The number of rotatable bonds is 10. The molecule has 0 unspecified atom stereocenters. The van der Waals surface area contributed by atoms with Crippen LogP contribution in [-0.2, 0) is 4.74 Å². The van der Waals surface area contributed by atoms with E-state index in [0.29, 0.717) is 33.6 Å². The second-order valence-corrected chi connectivity index (χ2v) is 8.56. The fourth-order valence-electron chi connectivity index (χ4n) is 3.72. The third-order valence-electron chi connectivity index (χ3n) is 5.38. The first kappa shape index (κ1) is 23.0. The van der Waals surface area contributed by atoms with Crippen LogP contribution in [0.3, 0.4) is 0 Å². The summed E-state index contributed by atoms with van der Waals surface area (Å²) in [6, 6.07) is 2.34. The highest BCUT2D eigenvalue weighted by atomic mass is 35.5. The lowest BCUT2D eigenvalue weighted by Gasteiger charge is -2.22. The number of pyridine rings is 1. The molecule has 1 aliphatic rings. The second kappa shape index (κ2) is 11.7. The minimum atomic E-state index is 0.361. The van der Waals surface area contributed by atoms with E-state index >= 15 is 0 Å². The third kappa shape index (κ3) is 6.43. The average molecular weight is 452 g/mol. The molecule has 3 rings (SSSR count). The molecule has 6 nitrogen and oxygen atoms in total. The number of anilines is 2. The summed E-state index contributed by atoms with van der Waals surface area (Å²) in [5.74, 6) is 1.93. The first-order chi connectivity index (χ1) is 14.6. The zero-order valence-electron chi connectivity index (χ0n) is 17.8. The van der Waals surface area contributed by atoms with Crippen molar-refractivity contribution in [3.8, 4) is 11.3 Å². The normalized spacial score (nSPS) is 14.8. The van der Waals surface area contributed by atoms with Gasteiger partial charge in [0.1, 0.15) is 5.82 Å². The number of hydrogen-bond donors (Lipinski definition) is 2. The third-order valence-corrected chi connectivity index (χ3v) is 5.96. The van der Waals surface area contributed by atoms with Crippen molar-refractivity contribution in [1.82, 2.24) is 15.0 Å². The minimum Gasteiger partial charge on any atom is -0.381 e. The molecule has 30 heavy (non-hydrogen) atoms. The van der Waals surface area contributed by atoms with Crippen molar-refractivity contribution >= 4 is 34.8 Å². The number of nitrogens with zero attached hydrogens (tertiary/aromatic N) is 3. The summed E-state index contributed by atoms with van der Waals surface area (Å²) in [5.41, 5.74) is 1.46.